The average Bonchev–Trinajstić information content (AvgIpc) is 2.68. The lowest BCUT2D eigenvalue weighted by Gasteiger charge is -2.02. The van der Waals surface area contributed by atoms with E-state index in [4.69, 9.17) is 10.9 Å². The molecule has 4 N–H and O–H groups in total. The molecular weight excluding hydrogens is 328 g/mol. The molecule has 0 spiro atoms. The van der Waals surface area contributed by atoms with E-state index in [1.54, 1.807) is 6.07 Å². The topological polar surface area (TPSA) is 92.4 Å². The van der Waals surface area contributed by atoms with E-state index in [0.29, 0.717) is 12.0 Å². The molecule has 26 heavy (non-hydrogen) atoms. The number of carbonyl (C=O) groups is 2. The smallest absolute Gasteiger partial charge is 0.303 e. The maximum Gasteiger partial charge on any atom is 0.303 e. The maximum absolute atomic E-state index is 11.9. The van der Waals surface area contributed by atoms with Crippen LogP contribution in [0.5, 0.6) is 0 Å². The van der Waals surface area contributed by atoms with Crippen molar-refractivity contribution < 1.29 is 14.7 Å². The molecular formula is C21H22N2O3. The van der Waals surface area contributed by atoms with Gasteiger partial charge in [-0.2, -0.15) is 0 Å². The van der Waals surface area contributed by atoms with E-state index in [2.05, 4.69) is 5.43 Å². The summed E-state index contributed by atoms with van der Waals surface area (Å²) < 4.78 is 0. The van der Waals surface area contributed by atoms with Gasteiger partial charge in [-0.15, -0.1) is 0 Å². The molecule has 0 fully saturated rings. The number of benzene rings is 3. The van der Waals surface area contributed by atoms with E-state index in [9.17, 15) is 9.59 Å². The minimum Gasteiger partial charge on any atom is -0.481 e. The number of para-hydroxylation sites is 1. The van der Waals surface area contributed by atoms with Crippen LogP contribution in [0.1, 0.15) is 29.6 Å². The predicted molar refractivity (Wildman–Crippen MR) is 104 cm³/mol. The van der Waals surface area contributed by atoms with E-state index in [-0.39, 0.29) is 18.6 Å². The van der Waals surface area contributed by atoms with E-state index in [0.717, 1.165) is 16.5 Å². The quantitative estimate of drug-likeness (QED) is 0.351. The second kappa shape index (κ2) is 9.96. The van der Waals surface area contributed by atoms with Crippen molar-refractivity contribution in [2.75, 3.05) is 5.43 Å². The number of nitrogens with two attached hydrogens (primary N) is 1. The van der Waals surface area contributed by atoms with E-state index in [1.165, 1.54) is 0 Å². The zero-order valence-corrected chi connectivity index (χ0v) is 14.4. The average molecular weight is 350 g/mol. The number of hydrazine groups is 1. The van der Waals surface area contributed by atoms with Gasteiger partial charge in [-0.05, 0) is 35.4 Å². The summed E-state index contributed by atoms with van der Waals surface area (Å²) >= 11 is 0. The first-order valence-corrected chi connectivity index (χ1v) is 8.35. The van der Waals surface area contributed by atoms with Crippen LogP contribution in [0.25, 0.3) is 10.8 Å². The van der Waals surface area contributed by atoms with Gasteiger partial charge in [0.2, 0.25) is 0 Å². The zero-order valence-electron chi connectivity index (χ0n) is 14.4. The third-order valence-electron chi connectivity index (χ3n) is 3.81. The summed E-state index contributed by atoms with van der Waals surface area (Å²) in [5, 5.41) is 10.7. The third kappa shape index (κ3) is 6.03. The molecule has 0 saturated heterocycles. The molecule has 0 aliphatic heterocycles. The fourth-order valence-electron chi connectivity index (χ4n) is 2.44. The van der Waals surface area contributed by atoms with Gasteiger partial charge in [0.25, 0.3) is 0 Å². The number of carbonyl (C=O) groups excluding carboxylic acids is 1. The SMILES string of the molecule is NNc1ccccc1.O=C(O)CCCC(=O)c1ccc2ccccc2c1. The van der Waals surface area contributed by atoms with Crippen LogP contribution >= 0.6 is 0 Å². The molecule has 0 aliphatic rings. The molecule has 0 bridgehead atoms. The monoisotopic (exact) mass is 350 g/mol. The van der Waals surface area contributed by atoms with Crippen LogP contribution in [0, 0.1) is 0 Å². The van der Waals surface area contributed by atoms with Crippen LogP contribution in [-0.2, 0) is 4.79 Å². The number of fused-ring (bicyclic) bond motifs is 1. The van der Waals surface area contributed by atoms with Crippen molar-refractivity contribution in [1.29, 1.82) is 0 Å². The Balaban J connectivity index is 0.000000254. The highest BCUT2D eigenvalue weighted by atomic mass is 16.4. The van der Waals surface area contributed by atoms with Crippen LogP contribution in [0.2, 0.25) is 0 Å². The normalized spacial score (nSPS) is 9.88. The van der Waals surface area contributed by atoms with Gasteiger partial charge in [-0.1, -0.05) is 54.6 Å². The first-order chi connectivity index (χ1) is 12.6. The highest BCUT2D eigenvalue weighted by Crippen LogP contribution is 2.17. The minimum atomic E-state index is -0.860. The van der Waals surface area contributed by atoms with E-state index >= 15 is 0 Å². The number of carboxylic acids is 1. The van der Waals surface area contributed by atoms with Gasteiger partial charge in [0, 0.05) is 24.1 Å². The molecule has 0 radical (unpaired) electrons. The summed E-state index contributed by atoms with van der Waals surface area (Å²) in [6.45, 7) is 0. The molecule has 0 atom stereocenters. The molecule has 134 valence electrons. The van der Waals surface area contributed by atoms with Gasteiger partial charge in [0.15, 0.2) is 5.78 Å². The van der Waals surface area contributed by atoms with Gasteiger partial charge in [0.1, 0.15) is 0 Å². The number of aliphatic carboxylic acids is 1. The number of carboxylic acid groups (broad SMARTS) is 1. The highest BCUT2D eigenvalue weighted by Gasteiger charge is 2.07. The number of ketones is 1. The van der Waals surface area contributed by atoms with Crippen molar-refractivity contribution in [3.63, 3.8) is 0 Å². The van der Waals surface area contributed by atoms with Gasteiger partial charge in [-0.3, -0.25) is 15.4 Å². The van der Waals surface area contributed by atoms with Crippen LogP contribution in [-0.4, -0.2) is 16.9 Å². The van der Waals surface area contributed by atoms with Crippen molar-refractivity contribution in [2.45, 2.75) is 19.3 Å². The summed E-state index contributed by atoms with van der Waals surface area (Å²) in [5.41, 5.74) is 4.12. The third-order valence-corrected chi connectivity index (χ3v) is 3.81. The molecule has 3 aromatic carbocycles. The molecule has 0 aliphatic carbocycles. The second-order valence-electron chi connectivity index (χ2n) is 5.74. The molecule has 0 unspecified atom stereocenters. The molecule has 5 nitrogen and oxygen atoms in total. The van der Waals surface area contributed by atoms with Crippen LogP contribution < -0.4 is 11.3 Å². The molecule has 0 heterocycles. The second-order valence-corrected chi connectivity index (χ2v) is 5.74. The number of nitrogen functional groups attached to an aromatic ring is 1. The zero-order chi connectivity index (χ0) is 18.8. The van der Waals surface area contributed by atoms with Crippen molar-refractivity contribution in [1.82, 2.24) is 0 Å². The fraction of sp³-hybridized carbons (Fsp3) is 0.143. The standard InChI is InChI=1S/C15H14O3.C6H8N2/c16-14(6-3-7-15(17)18)13-9-8-11-4-1-2-5-12(11)10-13;7-8-6-4-2-1-3-5-6/h1-2,4-5,8-10H,3,6-7H2,(H,17,18);1-5,8H,7H2. The Kier molecular flexibility index (Phi) is 7.33. The van der Waals surface area contributed by atoms with Crippen molar-refractivity contribution in [2.24, 2.45) is 5.84 Å². The summed E-state index contributed by atoms with van der Waals surface area (Å²) in [6.07, 6.45) is 0.713. The summed E-state index contributed by atoms with van der Waals surface area (Å²) in [7, 11) is 0. The molecule has 0 saturated carbocycles. The number of rotatable bonds is 6. The first kappa shape index (κ1) is 19.1. The lowest BCUT2D eigenvalue weighted by molar-refractivity contribution is -0.137. The van der Waals surface area contributed by atoms with Crippen LogP contribution in [0.4, 0.5) is 5.69 Å². The van der Waals surface area contributed by atoms with Crippen LogP contribution in [0.15, 0.2) is 72.8 Å². The minimum absolute atomic E-state index is 0.00185. The Morgan fingerprint density at radius 3 is 2.12 bits per heavy atom. The van der Waals surface area contributed by atoms with Crippen molar-refractivity contribution in [3.05, 3.63) is 78.4 Å². The van der Waals surface area contributed by atoms with Crippen molar-refractivity contribution in [3.8, 4) is 0 Å². The Hall–Kier alpha value is -3.18. The molecule has 0 amide bonds. The van der Waals surface area contributed by atoms with Gasteiger partial charge >= 0.3 is 5.97 Å². The van der Waals surface area contributed by atoms with Crippen molar-refractivity contribution >= 4 is 28.2 Å². The lowest BCUT2D eigenvalue weighted by Crippen LogP contribution is -2.05. The van der Waals surface area contributed by atoms with Gasteiger partial charge in [0.05, 0.1) is 0 Å². The van der Waals surface area contributed by atoms with E-state index < -0.39 is 5.97 Å². The summed E-state index contributed by atoms with van der Waals surface area (Å²) in [4.78, 5) is 22.3. The first-order valence-electron chi connectivity index (χ1n) is 8.35. The number of nitrogens with one attached hydrogen (secondary N) is 1. The number of Topliss-reactive ketones (excluding diaryl/α,β-unsaturated/α-hetero) is 1. The van der Waals surface area contributed by atoms with E-state index in [1.807, 2.05) is 66.7 Å². The van der Waals surface area contributed by atoms with Crippen LogP contribution in [0.3, 0.4) is 0 Å². The lowest BCUT2D eigenvalue weighted by atomic mass is 10.0. The maximum atomic E-state index is 11.9. The number of anilines is 1. The Morgan fingerprint density at radius 2 is 1.50 bits per heavy atom. The Morgan fingerprint density at radius 1 is 0.846 bits per heavy atom. The molecule has 3 aromatic rings. The molecule has 5 heteroatoms. The van der Waals surface area contributed by atoms with Gasteiger partial charge < -0.3 is 10.5 Å². The molecule has 3 rings (SSSR count). The molecule has 0 aromatic heterocycles. The Labute approximate surface area is 152 Å². The largest absolute Gasteiger partial charge is 0.481 e. The highest BCUT2D eigenvalue weighted by molar-refractivity contribution is 6.00. The summed E-state index contributed by atoms with van der Waals surface area (Å²) in [6, 6.07) is 23.0. The fourth-order valence-corrected chi connectivity index (χ4v) is 2.44. The summed E-state index contributed by atoms with van der Waals surface area (Å²) in [5.74, 6) is 4.24. The number of hydrogen-bond donors (Lipinski definition) is 3. The van der Waals surface area contributed by atoms with Gasteiger partial charge in [-0.25, -0.2) is 0 Å². The predicted octanol–water partition coefficient (Wildman–Crippen LogP) is 4.25. The number of hydrogen-bond acceptors (Lipinski definition) is 4. The Bertz CT molecular complexity index is 863.